The van der Waals surface area contributed by atoms with Crippen LogP contribution in [0.3, 0.4) is 0 Å². The van der Waals surface area contributed by atoms with E-state index in [0.717, 1.165) is 15.9 Å². The van der Waals surface area contributed by atoms with E-state index in [2.05, 4.69) is 31.5 Å². The summed E-state index contributed by atoms with van der Waals surface area (Å²) in [5, 5.41) is 6.06. The molecule has 0 aliphatic rings. The highest BCUT2D eigenvalue weighted by atomic mass is 79.9. The molecule has 47 heavy (non-hydrogen) atoms. The number of fused-ring (bicyclic) bond motifs is 1. The van der Waals surface area contributed by atoms with Gasteiger partial charge >= 0.3 is 0 Å². The van der Waals surface area contributed by atoms with Crippen molar-refractivity contribution in [2.45, 2.75) is 13.5 Å². The Hall–Kier alpha value is -4.35. The Balaban J connectivity index is 0.00000500. The summed E-state index contributed by atoms with van der Waals surface area (Å²) >= 11 is 16.7. The quantitative estimate of drug-likeness (QED) is 0.142. The summed E-state index contributed by atoms with van der Waals surface area (Å²) in [6, 6.07) is 22.8. The molecule has 0 spiro atoms. The number of halogens is 4. The number of carbonyl (C=O) groups excluding carboxylic acids is 3. The summed E-state index contributed by atoms with van der Waals surface area (Å²) in [7, 11) is 1.56. The van der Waals surface area contributed by atoms with Crippen molar-refractivity contribution < 1.29 is 19.1 Å². The highest BCUT2D eigenvalue weighted by molar-refractivity contribution is 9.10. The van der Waals surface area contributed by atoms with E-state index in [-0.39, 0.29) is 42.4 Å². The smallest absolute Gasteiger partial charge is 0.255 e. The Kier molecular flexibility index (Phi) is 12.1. The molecule has 2 aromatic heterocycles. The second-order valence-corrected chi connectivity index (χ2v) is 11.7. The number of imidazole rings is 1. The van der Waals surface area contributed by atoms with Gasteiger partial charge in [-0.05, 0) is 83.0 Å². The number of amides is 3. The van der Waals surface area contributed by atoms with Crippen LogP contribution in [-0.2, 0) is 16.2 Å². The Labute approximate surface area is 296 Å². The SMILES string of the molecule is Cc1nc2c(OCc3c(Cl)ccc(N(C)C(=O)CNC(=O)C=Cc4ccc(NC(=O)c5ccccc5)cc4)c3Cl)cccn2c1Br.Cl. The lowest BCUT2D eigenvalue weighted by atomic mass is 10.1. The highest BCUT2D eigenvalue weighted by Crippen LogP contribution is 2.35. The summed E-state index contributed by atoms with van der Waals surface area (Å²) in [6.45, 7) is 1.67. The molecule has 3 aromatic carbocycles. The van der Waals surface area contributed by atoms with Gasteiger partial charge in [0.2, 0.25) is 11.8 Å². The molecule has 0 atom stereocenters. The number of carbonyl (C=O) groups is 3. The van der Waals surface area contributed by atoms with E-state index in [9.17, 15) is 14.4 Å². The number of hydrogen-bond donors (Lipinski definition) is 2. The van der Waals surface area contributed by atoms with E-state index in [4.69, 9.17) is 27.9 Å². The molecule has 0 saturated carbocycles. The van der Waals surface area contributed by atoms with E-state index >= 15 is 0 Å². The molecule has 0 saturated heterocycles. The molecule has 0 aliphatic carbocycles. The number of hydrogen-bond acceptors (Lipinski definition) is 5. The molecule has 0 fully saturated rings. The van der Waals surface area contributed by atoms with Gasteiger partial charge in [-0.25, -0.2) is 4.98 Å². The van der Waals surface area contributed by atoms with Crippen LogP contribution in [0.15, 0.2) is 95.7 Å². The summed E-state index contributed by atoms with van der Waals surface area (Å²) in [5.41, 5.74) is 4.29. The van der Waals surface area contributed by atoms with Gasteiger partial charge in [-0.1, -0.05) is 53.5 Å². The fourth-order valence-corrected chi connectivity index (χ4v) is 5.46. The predicted molar refractivity (Wildman–Crippen MR) is 192 cm³/mol. The first-order valence-electron chi connectivity index (χ1n) is 14.0. The van der Waals surface area contributed by atoms with Crippen molar-refractivity contribution in [2.24, 2.45) is 0 Å². The van der Waals surface area contributed by atoms with Crippen molar-refractivity contribution >= 4 is 92.4 Å². The minimum absolute atomic E-state index is 0. The van der Waals surface area contributed by atoms with Crippen LogP contribution < -0.4 is 20.3 Å². The fourth-order valence-electron chi connectivity index (χ4n) is 4.48. The van der Waals surface area contributed by atoms with Crippen LogP contribution in [0.1, 0.15) is 27.2 Å². The molecular formula is C34H29BrCl3N5O4. The zero-order valence-corrected chi connectivity index (χ0v) is 29.1. The van der Waals surface area contributed by atoms with Crippen molar-refractivity contribution in [3.05, 3.63) is 128 Å². The minimum atomic E-state index is -0.450. The molecule has 0 bridgehead atoms. The third kappa shape index (κ3) is 8.52. The lowest BCUT2D eigenvalue weighted by Gasteiger charge is -2.21. The molecule has 0 radical (unpaired) electrons. The number of likely N-dealkylation sites (N-methyl/N-ethyl adjacent to an activating group) is 1. The second kappa shape index (κ2) is 16.0. The van der Waals surface area contributed by atoms with Gasteiger partial charge in [0.05, 0.1) is 22.9 Å². The molecule has 3 amide bonds. The van der Waals surface area contributed by atoms with Gasteiger partial charge in [0.15, 0.2) is 11.4 Å². The first-order valence-corrected chi connectivity index (χ1v) is 15.6. The van der Waals surface area contributed by atoms with Crippen molar-refractivity contribution in [3.63, 3.8) is 0 Å². The standard InChI is InChI=1S/C34H28BrCl2N5O4.ClH/c1-21-32(35)42-18-6-9-28(33(42)39-21)46-20-25-26(36)15-16-27(31(25)37)41(2)30(44)19-38-29(43)17-12-22-10-13-24(14-11-22)40-34(45)23-7-4-3-5-8-23;/h3-18H,19-20H2,1-2H3,(H,38,43)(H,40,45);1H. The molecular weight excluding hydrogens is 729 g/mol. The van der Waals surface area contributed by atoms with Crippen LogP contribution in [0.25, 0.3) is 11.7 Å². The van der Waals surface area contributed by atoms with Gasteiger partial charge in [0, 0.05) is 41.2 Å². The average Bonchev–Trinajstić information content (AvgIpc) is 3.36. The summed E-state index contributed by atoms with van der Waals surface area (Å²) < 4.78 is 8.75. The van der Waals surface area contributed by atoms with Crippen molar-refractivity contribution in [3.8, 4) is 5.75 Å². The number of nitrogens with one attached hydrogen (secondary N) is 2. The molecule has 242 valence electrons. The van der Waals surface area contributed by atoms with Crippen LogP contribution in [-0.4, -0.2) is 40.7 Å². The number of rotatable bonds is 10. The van der Waals surface area contributed by atoms with Gasteiger partial charge in [-0.2, -0.15) is 0 Å². The Morgan fingerprint density at radius 2 is 1.72 bits per heavy atom. The Morgan fingerprint density at radius 1 is 1.00 bits per heavy atom. The fraction of sp³-hybridized carbons (Fsp3) is 0.118. The summed E-state index contributed by atoms with van der Waals surface area (Å²) in [5.74, 6) is -0.512. The van der Waals surface area contributed by atoms with Gasteiger partial charge in [0.25, 0.3) is 5.91 Å². The number of aryl methyl sites for hydroxylation is 1. The number of anilines is 2. The van der Waals surface area contributed by atoms with Crippen LogP contribution in [0, 0.1) is 6.92 Å². The monoisotopic (exact) mass is 755 g/mol. The van der Waals surface area contributed by atoms with Crippen LogP contribution in [0.2, 0.25) is 10.0 Å². The third-order valence-corrected chi connectivity index (χ3v) is 8.77. The normalized spacial score (nSPS) is 10.8. The molecule has 0 unspecified atom stereocenters. The van der Waals surface area contributed by atoms with Crippen molar-refractivity contribution in [2.75, 3.05) is 23.8 Å². The van der Waals surface area contributed by atoms with Gasteiger partial charge < -0.3 is 20.3 Å². The first kappa shape index (κ1) is 35.5. The minimum Gasteiger partial charge on any atom is -0.485 e. The zero-order valence-electron chi connectivity index (χ0n) is 25.2. The van der Waals surface area contributed by atoms with E-state index in [1.807, 2.05) is 29.7 Å². The van der Waals surface area contributed by atoms with Crippen LogP contribution in [0.4, 0.5) is 11.4 Å². The molecule has 9 nitrogen and oxygen atoms in total. The molecule has 13 heteroatoms. The van der Waals surface area contributed by atoms with Crippen LogP contribution in [0.5, 0.6) is 5.75 Å². The topological polar surface area (TPSA) is 105 Å². The van der Waals surface area contributed by atoms with E-state index in [1.54, 1.807) is 79.9 Å². The molecule has 5 rings (SSSR count). The first-order chi connectivity index (χ1) is 22.1. The Morgan fingerprint density at radius 3 is 2.45 bits per heavy atom. The molecule has 5 aromatic rings. The van der Waals surface area contributed by atoms with E-state index < -0.39 is 5.91 Å². The Bertz CT molecular complexity index is 1950. The third-order valence-electron chi connectivity index (χ3n) is 7.03. The predicted octanol–water partition coefficient (Wildman–Crippen LogP) is 7.76. The average molecular weight is 758 g/mol. The molecule has 0 aliphatic heterocycles. The van der Waals surface area contributed by atoms with Crippen LogP contribution >= 0.6 is 51.5 Å². The summed E-state index contributed by atoms with van der Waals surface area (Å²) in [6.07, 6.45) is 4.81. The van der Waals surface area contributed by atoms with E-state index in [0.29, 0.717) is 38.9 Å². The number of aromatic nitrogens is 2. The maximum Gasteiger partial charge on any atom is 0.255 e. The number of nitrogens with zero attached hydrogens (tertiary/aromatic N) is 3. The zero-order chi connectivity index (χ0) is 32.8. The molecule has 2 heterocycles. The second-order valence-electron chi connectivity index (χ2n) is 10.1. The summed E-state index contributed by atoms with van der Waals surface area (Å²) in [4.78, 5) is 43.7. The highest BCUT2D eigenvalue weighted by Gasteiger charge is 2.20. The molecule has 2 N–H and O–H groups in total. The number of benzene rings is 3. The van der Waals surface area contributed by atoms with Gasteiger partial charge in [-0.3, -0.25) is 18.8 Å². The number of ether oxygens (including phenoxy) is 1. The maximum atomic E-state index is 13.0. The van der Waals surface area contributed by atoms with Gasteiger partial charge in [-0.15, -0.1) is 12.4 Å². The van der Waals surface area contributed by atoms with Crippen molar-refractivity contribution in [1.82, 2.24) is 14.7 Å². The van der Waals surface area contributed by atoms with Crippen molar-refractivity contribution in [1.29, 1.82) is 0 Å². The lowest BCUT2D eigenvalue weighted by Crippen LogP contribution is -2.37. The lowest BCUT2D eigenvalue weighted by molar-refractivity contribution is -0.122. The number of pyridine rings is 1. The van der Waals surface area contributed by atoms with Gasteiger partial charge in [0.1, 0.15) is 11.2 Å². The largest absolute Gasteiger partial charge is 0.485 e. The van der Waals surface area contributed by atoms with E-state index in [1.165, 1.54) is 11.0 Å². The maximum absolute atomic E-state index is 13.0.